The van der Waals surface area contributed by atoms with Gasteiger partial charge < -0.3 is 21.7 Å². The first-order valence-electron chi connectivity index (χ1n) is 12.1. The van der Waals surface area contributed by atoms with Crippen LogP contribution in [0, 0.1) is 16.0 Å². The average Bonchev–Trinajstić information content (AvgIpc) is 2.84. The van der Waals surface area contributed by atoms with Crippen molar-refractivity contribution < 1.29 is 9.72 Å². The van der Waals surface area contributed by atoms with Gasteiger partial charge in [-0.15, -0.1) is 0 Å². The molecule has 1 aromatic heterocycles. The van der Waals surface area contributed by atoms with Gasteiger partial charge in [-0.2, -0.15) is 4.98 Å². The van der Waals surface area contributed by atoms with Crippen molar-refractivity contribution >= 4 is 23.4 Å². The van der Waals surface area contributed by atoms with Crippen LogP contribution in [0.3, 0.4) is 0 Å². The Bertz CT molecular complexity index is 1000. The quantitative estimate of drug-likeness (QED) is 0.414. The van der Waals surface area contributed by atoms with Crippen molar-refractivity contribution in [2.45, 2.75) is 63.5 Å². The molecule has 1 atom stereocenters. The monoisotopic (exact) mass is 467 g/mol. The zero-order chi connectivity index (χ0) is 24.1. The largest absolute Gasteiger partial charge is 0.378 e. The van der Waals surface area contributed by atoms with Crippen molar-refractivity contribution in [3.05, 3.63) is 51.7 Å². The summed E-state index contributed by atoms with van der Waals surface area (Å²) >= 11 is 0. The fourth-order valence-electron chi connectivity index (χ4n) is 4.95. The van der Waals surface area contributed by atoms with Crippen LogP contribution in [0.1, 0.15) is 62.2 Å². The molecule has 0 radical (unpaired) electrons. The van der Waals surface area contributed by atoms with E-state index in [0.717, 1.165) is 50.5 Å². The summed E-state index contributed by atoms with van der Waals surface area (Å²) in [4.78, 5) is 35.2. The molecule has 0 spiro atoms. The third kappa shape index (κ3) is 5.61. The van der Waals surface area contributed by atoms with Crippen molar-refractivity contribution in [1.82, 2.24) is 14.9 Å². The first-order valence-corrected chi connectivity index (χ1v) is 12.1. The van der Waals surface area contributed by atoms with E-state index in [1.54, 1.807) is 0 Å². The molecule has 1 amide bonds. The van der Waals surface area contributed by atoms with E-state index in [-0.39, 0.29) is 35.3 Å². The number of amides is 1. The van der Waals surface area contributed by atoms with Gasteiger partial charge in [0.2, 0.25) is 17.7 Å². The van der Waals surface area contributed by atoms with Crippen LogP contribution in [0.5, 0.6) is 0 Å². The first kappa shape index (κ1) is 23.9. The van der Waals surface area contributed by atoms with Gasteiger partial charge in [-0.3, -0.25) is 14.9 Å². The Morgan fingerprint density at radius 1 is 1.12 bits per heavy atom. The molecule has 1 aliphatic heterocycles. The van der Waals surface area contributed by atoms with E-state index in [4.69, 9.17) is 11.5 Å². The van der Waals surface area contributed by atoms with Gasteiger partial charge >= 0.3 is 5.69 Å². The molecule has 10 nitrogen and oxygen atoms in total. The molecule has 2 aromatic rings. The normalized spacial score (nSPS) is 21.6. The minimum Gasteiger partial charge on any atom is -0.378 e. The summed E-state index contributed by atoms with van der Waals surface area (Å²) in [6.45, 7) is 1.42. The molecule has 10 heteroatoms. The number of hydrogen-bond donors (Lipinski definition) is 3. The summed E-state index contributed by atoms with van der Waals surface area (Å²) in [7, 11) is 0. The topological polar surface area (TPSA) is 153 Å². The minimum absolute atomic E-state index is 0.0609. The van der Waals surface area contributed by atoms with Gasteiger partial charge in [0.25, 0.3) is 0 Å². The predicted molar refractivity (Wildman–Crippen MR) is 130 cm³/mol. The van der Waals surface area contributed by atoms with Crippen LogP contribution in [-0.2, 0) is 11.2 Å². The van der Waals surface area contributed by atoms with E-state index in [2.05, 4.69) is 15.3 Å². The van der Waals surface area contributed by atoms with Gasteiger partial charge in [-0.1, -0.05) is 30.3 Å². The Hall–Kier alpha value is -3.27. The zero-order valence-corrected chi connectivity index (χ0v) is 19.4. The zero-order valence-electron chi connectivity index (χ0n) is 19.4. The molecule has 2 fully saturated rings. The van der Waals surface area contributed by atoms with Crippen LogP contribution >= 0.6 is 0 Å². The highest BCUT2D eigenvalue weighted by molar-refractivity contribution is 5.86. The van der Waals surface area contributed by atoms with Crippen molar-refractivity contribution in [3.63, 3.8) is 0 Å². The highest BCUT2D eigenvalue weighted by Gasteiger charge is 2.31. The second-order valence-electron chi connectivity index (χ2n) is 9.34. The van der Waals surface area contributed by atoms with E-state index in [1.165, 1.54) is 0 Å². The van der Waals surface area contributed by atoms with Crippen LogP contribution in [0.25, 0.3) is 0 Å². The van der Waals surface area contributed by atoms with Crippen LogP contribution in [0.2, 0.25) is 0 Å². The minimum atomic E-state index is -0.708. The van der Waals surface area contributed by atoms with Crippen molar-refractivity contribution in [2.24, 2.45) is 11.7 Å². The van der Waals surface area contributed by atoms with Crippen molar-refractivity contribution in [1.29, 1.82) is 0 Å². The Kier molecular flexibility index (Phi) is 7.56. The molecule has 1 aliphatic carbocycles. The molecule has 4 rings (SSSR count). The number of piperidine rings is 1. The van der Waals surface area contributed by atoms with Gasteiger partial charge in [-0.05, 0) is 62.8 Å². The Morgan fingerprint density at radius 3 is 2.44 bits per heavy atom. The molecule has 5 N–H and O–H groups in total. The summed E-state index contributed by atoms with van der Waals surface area (Å²) in [5, 5.41) is 14.9. The molecule has 1 aromatic carbocycles. The van der Waals surface area contributed by atoms with Crippen LogP contribution in [-0.4, -0.2) is 44.8 Å². The number of nitrogens with two attached hydrogens (primary N) is 2. The molecule has 1 saturated heterocycles. The third-order valence-corrected chi connectivity index (χ3v) is 6.86. The number of hydrogen-bond acceptors (Lipinski definition) is 8. The number of rotatable bonds is 7. The van der Waals surface area contributed by atoms with E-state index >= 15 is 0 Å². The van der Waals surface area contributed by atoms with Crippen LogP contribution < -0.4 is 16.8 Å². The number of benzene rings is 1. The number of aromatic nitrogens is 2. The van der Waals surface area contributed by atoms with E-state index in [0.29, 0.717) is 25.2 Å². The number of anilines is 2. The number of nitro groups is 1. The molecule has 182 valence electrons. The number of nitrogens with zero attached hydrogens (tertiary/aromatic N) is 4. The number of nitrogens with one attached hydrogen (secondary N) is 1. The van der Waals surface area contributed by atoms with Crippen molar-refractivity contribution in [3.8, 4) is 0 Å². The van der Waals surface area contributed by atoms with Crippen LogP contribution in [0.4, 0.5) is 17.5 Å². The van der Waals surface area contributed by atoms with Crippen LogP contribution in [0.15, 0.2) is 30.3 Å². The van der Waals surface area contributed by atoms with Gasteiger partial charge in [0.05, 0.1) is 4.92 Å². The molecular weight excluding hydrogens is 434 g/mol. The molecule has 0 unspecified atom stereocenters. The first-order chi connectivity index (χ1) is 16.4. The molecule has 0 bridgehead atoms. The fourth-order valence-corrected chi connectivity index (χ4v) is 4.95. The molecule has 34 heavy (non-hydrogen) atoms. The lowest BCUT2D eigenvalue weighted by molar-refractivity contribution is -0.385. The molecule has 2 aliphatic rings. The Balaban J connectivity index is 1.63. The van der Waals surface area contributed by atoms with E-state index < -0.39 is 11.0 Å². The number of likely N-dealkylation sites (tertiary alicyclic amines) is 1. The lowest BCUT2D eigenvalue weighted by atomic mass is 9.83. The number of nitrogen functional groups attached to an aromatic ring is 1. The van der Waals surface area contributed by atoms with E-state index in [1.807, 2.05) is 35.2 Å². The highest BCUT2D eigenvalue weighted by atomic mass is 16.6. The Labute approximate surface area is 199 Å². The summed E-state index contributed by atoms with van der Waals surface area (Å²) < 4.78 is 0. The van der Waals surface area contributed by atoms with E-state index in [9.17, 15) is 14.9 Å². The number of carbonyl (C=O) groups is 1. The summed E-state index contributed by atoms with van der Waals surface area (Å²) in [6, 6.07) is 8.86. The smallest absolute Gasteiger partial charge is 0.332 e. The molecule has 2 heterocycles. The van der Waals surface area contributed by atoms with Gasteiger partial charge in [0.15, 0.2) is 0 Å². The lowest BCUT2D eigenvalue weighted by Crippen LogP contribution is -2.41. The maximum absolute atomic E-state index is 13.5. The number of carbonyl (C=O) groups excluding carboxylic acids is 1. The standard InChI is InChI=1S/C24H33N7O3/c25-18-11-9-16(10-12-18)15-19-21(31(33)34)22(26)29-24(27-19)28-20(17-7-3-1-4-8-17)23(32)30-13-5-2-6-14-30/h1,3-4,7-8,16,18,20H,2,5-6,9-15,25H2,(H3,26,27,28,29)/t16?,18?,20-/m1/s1. The highest BCUT2D eigenvalue weighted by Crippen LogP contribution is 2.33. The molecular formula is C24H33N7O3. The summed E-state index contributed by atoms with van der Waals surface area (Å²) in [5.41, 5.74) is 12.9. The predicted octanol–water partition coefficient (Wildman–Crippen LogP) is 3.19. The average molecular weight is 468 g/mol. The second-order valence-corrected chi connectivity index (χ2v) is 9.34. The lowest BCUT2D eigenvalue weighted by Gasteiger charge is -2.31. The van der Waals surface area contributed by atoms with Gasteiger partial charge in [0, 0.05) is 19.1 Å². The molecule has 1 saturated carbocycles. The third-order valence-electron chi connectivity index (χ3n) is 6.86. The summed E-state index contributed by atoms with van der Waals surface area (Å²) in [6.07, 6.45) is 7.07. The maximum atomic E-state index is 13.5. The Morgan fingerprint density at radius 2 is 1.79 bits per heavy atom. The SMILES string of the molecule is Nc1nc(N[C@@H](C(=O)N2CCCCC2)c2ccccc2)nc(CC2CCC(N)CC2)c1[N+](=O)[O-]. The maximum Gasteiger partial charge on any atom is 0.332 e. The van der Waals surface area contributed by atoms with Crippen molar-refractivity contribution in [2.75, 3.05) is 24.1 Å². The second kappa shape index (κ2) is 10.8. The summed E-state index contributed by atoms with van der Waals surface area (Å²) in [5.74, 6) is 0.127. The van der Waals surface area contributed by atoms with Gasteiger partial charge in [0.1, 0.15) is 11.7 Å². The fraction of sp³-hybridized carbons (Fsp3) is 0.542. The van der Waals surface area contributed by atoms with Gasteiger partial charge in [-0.25, -0.2) is 4.98 Å².